The summed E-state index contributed by atoms with van der Waals surface area (Å²) in [6.07, 6.45) is 0. The molecule has 0 aliphatic carbocycles. The predicted molar refractivity (Wildman–Crippen MR) is 91.7 cm³/mol. The average molecular weight is 366 g/mol. The summed E-state index contributed by atoms with van der Waals surface area (Å²) in [5.41, 5.74) is 0.999. The van der Waals surface area contributed by atoms with Crippen LogP contribution in [0.4, 0.5) is 4.39 Å². The van der Waals surface area contributed by atoms with Crippen molar-refractivity contribution in [2.75, 3.05) is 20.2 Å². The third-order valence-corrected chi connectivity index (χ3v) is 4.92. The Hall–Kier alpha value is -2.45. The first kappa shape index (κ1) is 18.9. The zero-order valence-electron chi connectivity index (χ0n) is 13.9. The van der Waals surface area contributed by atoms with Gasteiger partial charge in [0.2, 0.25) is 10.0 Å². The highest BCUT2D eigenvalue weighted by molar-refractivity contribution is 7.89. The van der Waals surface area contributed by atoms with E-state index in [4.69, 9.17) is 4.74 Å². The molecule has 0 aliphatic heterocycles. The van der Waals surface area contributed by atoms with Crippen LogP contribution in [0.1, 0.15) is 15.9 Å². The summed E-state index contributed by atoms with van der Waals surface area (Å²) in [7, 11) is -2.27. The first-order valence-electron chi connectivity index (χ1n) is 7.51. The number of halogens is 1. The highest BCUT2D eigenvalue weighted by atomic mass is 32.2. The molecule has 2 rings (SSSR count). The molecule has 0 saturated carbocycles. The third kappa shape index (κ3) is 5.01. The van der Waals surface area contributed by atoms with Crippen molar-refractivity contribution in [2.45, 2.75) is 11.8 Å². The van der Waals surface area contributed by atoms with Crippen LogP contribution in [0.15, 0.2) is 47.4 Å². The molecule has 25 heavy (non-hydrogen) atoms. The number of sulfonamides is 1. The van der Waals surface area contributed by atoms with Gasteiger partial charge in [0.1, 0.15) is 11.6 Å². The predicted octanol–water partition coefficient (Wildman–Crippen LogP) is 1.85. The third-order valence-electron chi connectivity index (χ3n) is 3.44. The number of amides is 1. The fourth-order valence-electron chi connectivity index (χ4n) is 2.12. The van der Waals surface area contributed by atoms with Gasteiger partial charge in [-0.3, -0.25) is 4.79 Å². The lowest BCUT2D eigenvalue weighted by atomic mass is 10.2. The fourth-order valence-corrected chi connectivity index (χ4v) is 3.15. The standard InChI is InChI=1S/C17H19FN2O4S/c1-12-3-6-14(7-4-12)25(22,23)20-10-9-19-17(21)15-11-13(18)5-8-16(15)24-2/h3-8,11,20H,9-10H2,1-2H3,(H,19,21). The van der Waals surface area contributed by atoms with Gasteiger partial charge < -0.3 is 10.1 Å². The van der Waals surface area contributed by atoms with Gasteiger partial charge in [-0.1, -0.05) is 17.7 Å². The summed E-state index contributed by atoms with van der Waals surface area (Å²) in [6, 6.07) is 10.0. The molecule has 0 spiro atoms. The molecule has 0 bridgehead atoms. The van der Waals surface area contributed by atoms with Crippen LogP contribution in [0, 0.1) is 12.7 Å². The number of benzene rings is 2. The van der Waals surface area contributed by atoms with Crippen molar-refractivity contribution in [3.05, 3.63) is 59.4 Å². The number of rotatable bonds is 7. The monoisotopic (exact) mass is 366 g/mol. The van der Waals surface area contributed by atoms with Gasteiger partial charge in [-0.2, -0.15) is 0 Å². The summed E-state index contributed by atoms with van der Waals surface area (Å²) >= 11 is 0. The van der Waals surface area contributed by atoms with Crippen molar-refractivity contribution in [1.29, 1.82) is 0 Å². The Morgan fingerprint density at radius 3 is 2.44 bits per heavy atom. The SMILES string of the molecule is COc1ccc(F)cc1C(=O)NCCNS(=O)(=O)c1ccc(C)cc1. The molecule has 0 unspecified atom stereocenters. The largest absolute Gasteiger partial charge is 0.496 e. The van der Waals surface area contributed by atoms with Gasteiger partial charge in [0.15, 0.2) is 0 Å². The van der Waals surface area contributed by atoms with Gasteiger partial charge in [0.05, 0.1) is 17.6 Å². The Morgan fingerprint density at radius 2 is 1.80 bits per heavy atom. The number of carbonyl (C=O) groups excluding carboxylic acids is 1. The van der Waals surface area contributed by atoms with Gasteiger partial charge in [-0.25, -0.2) is 17.5 Å². The number of methoxy groups -OCH3 is 1. The van der Waals surface area contributed by atoms with Crippen molar-refractivity contribution in [2.24, 2.45) is 0 Å². The van der Waals surface area contributed by atoms with Crippen molar-refractivity contribution < 1.29 is 22.3 Å². The zero-order valence-corrected chi connectivity index (χ0v) is 14.7. The molecule has 2 aromatic carbocycles. The van der Waals surface area contributed by atoms with Crippen molar-refractivity contribution in [3.8, 4) is 5.75 Å². The molecule has 2 aromatic rings. The molecule has 0 saturated heterocycles. The Balaban J connectivity index is 1.91. The Kier molecular flexibility index (Phi) is 6.11. The molecule has 0 atom stereocenters. The van der Waals surface area contributed by atoms with Crippen molar-refractivity contribution >= 4 is 15.9 Å². The van der Waals surface area contributed by atoms with E-state index in [1.54, 1.807) is 12.1 Å². The van der Waals surface area contributed by atoms with E-state index in [1.807, 2.05) is 6.92 Å². The van der Waals surface area contributed by atoms with E-state index >= 15 is 0 Å². The fraction of sp³-hybridized carbons (Fsp3) is 0.235. The minimum atomic E-state index is -3.65. The minimum Gasteiger partial charge on any atom is -0.496 e. The van der Waals surface area contributed by atoms with Crippen LogP contribution in [0.2, 0.25) is 0 Å². The van der Waals surface area contributed by atoms with Gasteiger partial charge >= 0.3 is 0 Å². The summed E-state index contributed by atoms with van der Waals surface area (Å²) in [5.74, 6) is -0.879. The van der Waals surface area contributed by atoms with E-state index in [1.165, 1.54) is 31.4 Å². The van der Waals surface area contributed by atoms with E-state index in [0.29, 0.717) is 0 Å². The maximum absolute atomic E-state index is 13.3. The molecule has 6 nitrogen and oxygen atoms in total. The Labute approximate surface area is 146 Å². The maximum atomic E-state index is 13.3. The van der Waals surface area contributed by atoms with Gasteiger partial charge in [0.25, 0.3) is 5.91 Å². The average Bonchev–Trinajstić information content (AvgIpc) is 2.59. The molecule has 2 N–H and O–H groups in total. The number of hydrogen-bond acceptors (Lipinski definition) is 4. The van der Waals surface area contributed by atoms with Crippen LogP contribution in [-0.4, -0.2) is 34.5 Å². The molecule has 1 amide bonds. The molecule has 0 aliphatic rings. The number of aryl methyl sites for hydroxylation is 1. The summed E-state index contributed by atoms with van der Waals surface area (Å²) in [5, 5.41) is 2.52. The lowest BCUT2D eigenvalue weighted by molar-refractivity contribution is 0.0951. The summed E-state index contributed by atoms with van der Waals surface area (Å²) in [6.45, 7) is 1.91. The quantitative estimate of drug-likeness (QED) is 0.733. The molecule has 0 fully saturated rings. The smallest absolute Gasteiger partial charge is 0.255 e. The second-order valence-electron chi connectivity index (χ2n) is 5.31. The van der Waals surface area contributed by atoms with Crippen LogP contribution < -0.4 is 14.8 Å². The lowest BCUT2D eigenvalue weighted by Gasteiger charge is -2.10. The van der Waals surface area contributed by atoms with Crippen LogP contribution in [-0.2, 0) is 10.0 Å². The lowest BCUT2D eigenvalue weighted by Crippen LogP contribution is -2.34. The minimum absolute atomic E-state index is 0.000416. The van der Waals surface area contributed by atoms with Crippen LogP contribution in [0.5, 0.6) is 5.75 Å². The zero-order chi connectivity index (χ0) is 18.4. The van der Waals surface area contributed by atoms with Crippen LogP contribution in [0.25, 0.3) is 0 Å². The Bertz CT molecular complexity index is 851. The van der Waals surface area contributed by atoms with Gasteiger partial charge in [-0.05, 0) is 37.3 Å². The molecule has 0 aromatic heterocycles. The molecule has 0 radical (unpaired) electrons. The number of ether oxygens (including phenoxy) is 1. The van der Waals surface area contributed by atoms with Crippen LogP contribution >= 0.6 is 0 Å². The van der Waals surface area contributed by atoms with Crippen molar-refractivity contribution in [3.63, 3.8) is 0 Å². The van der Waals surface area contributed by atoms with Gasteiger partial charge in [-0.15, -0.1) is 0 Å². The van der Waals surface area contributed by atoms with Crippen molar-refractivity contribution in [1.82, 2.24) is 10.0 Å². The molecule has 0 heterocycles. The molecular formula is C17H19FN2O4S. The first-order chi connectivity index (χ1) is 11.8. The normalized spacial score (nSPS) is 11.2. The topological polar surface area (TPSA) is 84.5 Å². The summed E-state index contributed by atoms with van der Waals surface area (Å²) < 4.78 is 44.9. The van der Waals surface area contributed by atoms with E-state index in [2.05, 4.69) is 10.0 Å². The molecule has 8 heteroatoms. The van der Waals surface area contributed by atoms with E-state index in [9.17, 15) is 17.6 Å². The van der Waals surface area contributed by atoms with Gasteiger partial charge in [0, 0.05) is 13.1 Å². The summed E-state index contributed by atoms with van der Waals surface area (Å²) in [4.78, 5) is 12.2. The number of carbonyl (C=O) groups is 1. The maximum Gasteiger partial charge on any atom is 0.255 e. The van der Waals surface area contributed by atoms with Crippen LogP contribution in [0.3, 0.4) is 0 Å². The highest BCUT2D eigenvalue weighted by Crippen LogP contribution is 2.18. The number of nitrogens with one attached hydrogen (secondary N) is 2. The van der Waals surface area contributed by atoms with E-state index < -0.39 is 21.7 Å². The molecule has 134 valence electrons. The second-order valence-corrected chi connectivity index (χ2v) is 7.08. The van der Waals surface area contributed by atoms with E-state index in [-0.39, 0.29) is 29.3 Å². The molecular weight excluding hydrogens is 347 g/mol. The number of hydrogen-bond donors (Lipinski definition) is 2. The first-order valence-corrected chi connectivity index (χ1v) is 9.00. The highest BCUT2D eigenvalue weighted by Gasteiger charge is 2.15. The second kappa shape index (κ2) is 8.09. The Morgan fingerprint density at radius 1 is 1.12 bits per heavy atom. The van der Waals surface area contributed by atoms with E-state index in [0.717, 1.165) is 11.6 Å².